The molecule has 2 aromatic rings. The Bertz CT molecular complexity index is 784. The van der Waals surface area contributed by atoms with Gasteiger partial charge in [0, 0.05) is 12.1 Å². The van der Waals surface area contributed by atoms with E-state index in [1.807, 2.05) is 24.3 Å². The van der Waals surface area contributed by atoms with Crippen LogP contribution in [0.3, 0.4) is 0 Å². The van der Waals surface area contributed by atoms with Gasteiger partial charge in [-0.15, -0.1) is 0 Å². The van der Waals surface area contributed by atoms with Crippen molar-refractivity contribution in [1.82, 2.24) is 0 Å². The number of hydrogen-bond acceptors (Lipinski definition) is 2. The van der Waals surface area contributed by atoms with Crippen LogP contribution in [0, 0.1) is 6.92 Å². The molecule has 188 valence electrons. The van der Waals surface area contributed by atoms with Gasteiger partial charge in [-0.25, -0.2) is 0 Å². The fourth-order valence-corrected chi connectivity index (χ4v) is 4.36. The highest BCUT2D eigenvalue weighted by molar-refractivity contribution is 5.94. The minimum absolute atomic E-state index is 0.104. The van der Waals surface area contributed by atoms with Crippen LogP contribution in [0.5, 0.6) is 0 Å². The van der Waals surface area contributed by atoms with Crippen molar-refractivity contribution in [3.05, 3.63) is 54.1 Å². The first-order chi connectivity index (χ1) is 16.7. The Labute approximate surface area is 209 Å². The van der Waals surface area contributed by atoms with Crippen LogP contribution >= 0.6 is 0 Å². The molecule has 0 radical (unpaired) electrons. The average Bonchev–Trinajstić information content (AvgIpc) is 2.84. The van der Waals surface area contributed by atoms with Crippen molar-refractivity contribution < 1.29 is 4.79 Å². The highest BCUT2D eigenvalue weighted by atomic mass is 16.1. The van der Waals surface area contributed by atoms with E-state index >= 15 is 0 Å². The summed E-state index contributed by atoms with van der Waals surface area (Å²) < 4.78 is 0. The first kappa shape index (κ1) is 28.0. The molecule has 0 bridgehead atoms. The molecular formula is C31H48N2O. The van der Waals surface area contributed by atoms with E-state index in [2.05, 4.69) is 48.7 Å². The van der Waals surface area contributed by atoms with Gasteiger partial charge in [-0.3, -0.25) is 4.79 Å². The lowest BCUT2D eigenvalue weighted by Crippen LogP contribution is -2.12. The molecule has 3 heteroatoms. The summed E-state index contributed by atoms with van der Waals surface area (Å²) in [5.74, 6) is 0.104. The van der Waals surface area contributed by atoms with Gasteiger partial charge in [-0.05, 0) is 37.6 Å². The van der Waals surface area contributed by atoms with E-state index < -0.39 is 0 Å². The minimum Gasteiger partial charge on any atom is -0.354 e. The van der Waals surface area contributed by atoms with Crippen molar-refractivity contribution in [3.63, 3.8) is 0 Å². The number of nitrogens with one attached hydrogen (secondary N) is 2. The third-order valence-electron chi connectivity index (χ3n) is 6.54. The van der Waals surface area contributed by atoms with Crippen LogP contribution in [0.1, 0.15) is 115 Å². The van der Waals surface area contributed by atoms with Gasteiger partial charge in [0.15, 0.2) is 0 Å². The zero-order valence-electron chi connectivity index (χ0n) is 21.8. The fourth-order valence-electron chi connectivity index (χ4n) is 4.36. The Morgan fingerprint density at radius 2 is 1.09 bits per heavy atom. The predicted octanol–water partition coefficient (Wildman–Crippen LogP) is 9.94. The summed E-state index contributed by atoms with van der Waals surface area (Å²) in [4.78, 5) is 12.5. The second-order valence-corrected chi connectivity index (χ2v) is 9.78. The molecule has 34 heavy (non-hydrogen) atoms. The summed E-state index contributed by atoms with van der Waals surface area (Å²) in [7, 11) is 0. The number of carbonyl (C=O) groups is 1. The zero-order valence-corrected chi connectivity index (χ0v) is 21.8. The van der Waals surface area contributed by atoms with Crippen LogP contribution < -0.4 is 10.6 Å². The van der Waals surface area contributed by atoms with E-state index in [1.54, 1.807) is 0 Å². The molecule has 0 saturated heterocycles. The minimum atomic E-state index is 0.104. The van der Waals surface area contributed by atoms with Crippen molar-refractivity contribution in [2.75, 3.05) is 10.6 Å². The molecule has 0 aliphatic carbocycles. The molecule has 3 nitrogen and oxygen atoms in total. The summed E-state index contributed by atoms with van der Waals surface area (Å²) >= 11 is 0. The first-order valence-electron chi connectivity index (χ1n) is 13.9. The number of para-hydroxylation sites is 2. The molecule has 0 atom stereocenters. The quantitative estimate of drug-likeness (QED) is 0.203. The summed E-state index contributed by atoms with van der Waals surface area (Å²) in [6.07, 6.45) is 20.7. The Kier molecular flexibility index (Phi) is 14.9. The van der Waals surface area contributed by atoms with Crippen LogP contribution in [0.15, 0.2) is 48.5 Å². The van der Waals surface area contributed by atoms with Gasteiger partial charge in [0.05, 0.1) is 11.4 Å². The molecule has 0 unspecified atom stereocenters. The zero-order chi connectivity index (χ0) is 24.3. The topological polar surface area (TPSA) is 41.1 Å². The Balaban J connectivity index is 1.49. The Hall–Kier alpha value is -2.29. The van der Waals surface area contributed by atoms with Crippen LogP contribution in [0.4, 0.5) is 17.1 Å². The smallest absolute Gasteiger partial charge is 0.224 e. The van der Waals surface area contributed by atoms with Crippen LogP contribution in [-0.4, -0.2) is 5.91 Å². The number of amides is 1. The van der Waals surface area contributed by atoms with Gasteiger partial charge in [0.2, 0.25) is 5.91 Å². The molecular weight excluding hydrogens is 416 g/mol. The van der Waals surface area contributed by atoms with Gasteiger partial charge in [-0.2, -0.15) is 0 Å². The molecule has 1 amide bonds. The summed E-state index contributed by atoms with van der Waals surface area (Å²) in [5.41, 5.74) is 4.02. The van der Waals surface area contributed by atoms with Gasteiger partial charge in [0.1, 0.15) is 0 Å². The largest absolute Gasteiger partial charge is 0.354 e. The maximum atomic E-state index is 12.5. The van der Waals surface area contributed by atoms with Crippen LogP contribution in [0.2, 0.25) is 0 Å². The molecule has 0 heterocycles. The maximum absolute atomic E-state index is 12.5. The first-order valence-corrected chi connectivity index (χ1v) is 13.9. The van der Waals surface area contributed by atoms with E-state index in [-0.39, 0.29) is 5.91 Å². The Morgan fingerprint density at radius 3 is 1.62 bits per heavy atom. The standard InChI is InChI=1S/C31H48N2O/c1-3-4-5-6-7-8-9-10-11-12-13-14-15-16-17-22-31(34)33-30-21-19-18-20-29(30)32-28-25-23-27(2)24-26-28/h18-21,23-26,32H,3-17,22H2,1-2H3,(H,33,34). The predicted molar refractivity (Wildman–Crippen MR) is 149 cm³/mol. The van der Waals surface area contributed by atoms with Gasteiger partial charge in [-0.1, -0.05) is 127 Å². The molecule has 0 aromatic heterocycles. The molecule has 0 aliphatic heterocycles. The average molecular weight is 465 g/mol. The number of unbranched alkanes of at least 4 members (excludes halogenated alkanes) is 14. The van der Waals surface area contributed by atoms with Gasteiger partial charge < -0.3 is 10.6 Å². The lowest BCUT2D eigenvalue weighted by molar-refractivity contribution is -0.116. The lowest BCUT2D eigenvalue weighted by atomic mass is 10.0. The molecule has 0 aliphatic rings. The molecule has 0 spiro atoms. The van der Waals surface area contributed by atoms with Crippen molar-refractivity contribution in [2.45, 2.75) is 117 Å². The number of rotatable bonds is 19. The Morgan fingerprint density at radius 1 is 0.618 bits per heavy atom. The molecule has 2 N–H and O–H groups in total. The van der Waals surface area contributed by atoms with E-state index in [0.29, 0.717) is 6.42 Å². The van der Waals surface area contributed by atoms with Crippen LogP contribution in [-0.2, 0) is 4.79 Å². The van der Waals surface area contributed by atoms with Crippen LogP contribution in [0.25, 0.3) is 0 Å². The number of hydrogen-bond donors (Lipinski definition) is 2. The highest BCUT2D eigenvalue weighted by Gasteiger charge is 2.07. The summed E-state index contributed by atoms with van der Waals surface area (Å²) in [6, 6.07) is 16.2. The lowest BCUT2D eigenvalue weighted by Gasteiger charge is -2.13. The molecule has 0 fully saturated rings. The van der Waals surface area contributed by atoms with E-state index in [4.69, 9.17) is 0 Å². The molecule has 0 saturated carbocycles. The number of carbonyl (C=O) groups excluding carboxylic acids is 1. The fraction of sp³-hybridized carbons (Fsp3) is 0.581. The van der Waals surface area contributed by atoms with Crippen molar-refractivity contribution >= 4 is 23.0 Å². The summed E-state index contributed by atoms with van der Waals surface area (Å²) in [5, 5.41) is 6.50. The van der Waals surface area contributed by atoms with E-state index in [9.17, 15) is 4.79 Å². The summed E-state index contributed by atoms with van der Waals surface area (Å²) in [6.45, 7) is 4.36. The number of aryl methyl sites for hydroxylation is 1. The molecule has 2 aromatic carbocycles. The van der Waals surface area contributed by atoms with Gasteiger partial charge in [0.25, 0.3) is 0 Å². The second-order valence-electron chi connectivity index (χ2n) is 9.78. The SMILES string of the molecule is CCCCCCCCCCCCCCCCCC(=O)Nc1ccccc1Nc1ccc(C)cc1. The highest BCUT2D eigenvalue weighted by Crippen LogP contribution is 2.25. The van der Waals surface area contributed by atoms with E-state index in [0.717, 1.165) is 29.9 Å². The normalized spacial score (nSPS) is 10.9. The van der Waals surface area contributed by atoms with Crippen molar-refractivity contribution in [1.29, 1.82) is 0 Å². The van der Waals surface area contributed by atoms with Crippen molar-refractivity contribution in [2.24, 2.45) is 0 Å². The third kappa shape index (κ3) is 12.8. The third-order valence-corrected chi connectivity index (χ3v) is 6.54. The molecule has 2 rings (SSSR count). The van der Waals surface area contributed by atoms with Crippen molar-refractivity contribution in [3.8, 4) is 0 Å². The second kappa shape index (κ2) is 18.1. The number of benzene rings is 2. The monoisotopic (exact) mass is 464 g/mol. The maximum Gasteiger partial charge on any atom is 0.224 e. The van der Waals surface area contributed by atoms with E-state index in [1.165, 1.54) is 89.0 Å². The van der Waals surface area contributed by atoms with Gasteiger partial charge >= 0.3 is 0 Å². The number of anilines is 3.